The van der Waals surface area contributed by atoms with Gasteiger partial charge in [0.2, 0.25) is 5.88 Å². The Bertz CT molecular complexity index is 1080. The van der Waals surface area contributed by atoms with Gasteiger partial charge in [-0.15, -0.1) is 0 Å². The number of pyridine rings is 1. The minimum absolute atomic E-state index is 0.204. The molecule has 0 fully saturated rings. The number of hydrogen-bond acceptors (Lipinski definition) is 3. The summed E-state index contributed by atoms with van der Waals surface area (Å²) in [5.41, 5.74) is 3.23. The largest absolute Gasteiger partial charge is 0.465 e. The van der Waals surface area contributed by atoms with E-state index in [-0.39, 0.29) is 12.0 Å². The molecule has 1 N–H and O–H groups in total. The minimum Gasteiger partial charge on any atom is -0.465 e. The van der Waals surface area contributed by atoms with E-state index in [0.29, 0.717) is 17.1 Å². The van der Waals surface area contributed by atoms with Crippen molar-refractivity contribution in [3.8, 4) is 5.88 Å². The number of carbonyl (C=O) groups excluding carboxylic acids is 1. The lowest BCUT2D eigenvalue weighted by molar-refractivity contribution is 0.102. The van der Waals surface area contributed by atoms with E-state index >= 15 is 0 Å². The highest BCUT2D eigenvalue weighted by molar-refractivity contribution is 9.10. The molecule has 148 valence electrons. The van der Waals surface area contributed by atoms with Crippen molar-refractivity contribution in [2.24, 2.45) is 0 Å². The van der Waals surface area contributed by atoms with Crippen LogP contribution in [0.25, 0.3) is 0 Å². The monoisotopic (exact) mass is 458 g/mol. The van der Waals surface area contributed by atoms with Crippen LogP contribution in [0.15, 0.2) is 108 Å². The van der Waals surface area contributed by atoms with Gasteiger partial charge < -0.3 is 10.1 Å². The molecular weight excluding hydrogens is 440 g/mol. The Morgan fingerprint density at radius 1 is 0.800 bits per heavy atom. The van der Waals surface area contributed by atoms with Crippen molar-refractivity contribution in [3.05, 3.63) is 124 Å². The van der Waals surface area contributed by atoms with E-state index in [2.05, 4.69) is 26.2 Å². The van der Waals surface area contributed by atoms with Gasteiger partial charge in [-0.2, -0.15) is 0 Å². The molecule has 0 aliphatic heterocycles. The molecular formula is C25H19BrN2O2. The number of nitrogens with one attached hydrogen (secondary N) is 1. The maximum Gasteiger partial charge on any atom is 0.256 e. The Kier molecular flexibility index (Phi) is 6.20. The number of halogens is 1. The zero-order valence-corrected chi connectivity index (χ0v) is 17.6. The predicted octanol–water partition coefficient (Wildman–Crippen LogP) is 6.26. The van der Waals surface area contributed by atoms with Gasteiger partial charge in [0.15, 0.2) is 6.10 Å². The van der Waals surface area contributed by atoms with Crippen LogP contribution in [0.5, 0.6) is 5.88 Å². The van der Waals surface area contributed by atoms with Crippen LogP contribution in [0.2, 0.25) is 0 Å². The molecule has 4 nitrogen and oxygen atoms in total. The van der Waals surface area contributed by atoms with Crippen LogP contribution < -0.4 is 10.1 Å². The second-order valence-corrected chi connectivity index (χ2v) is 7.49. The Hall–Kier alpha value is -3.44. The summed E-state index contributed by atoms with van der Waals surface area (Å²) >= 11 is 3.40. The van der Waals surface area contributed by atoms with E-state index in [1.165, 1.54) is 0 Å². The summed E-state index contributed by atoms with van der Waals surface area (Å²) in [5.74, 6) is 0.274. The molecule has 4 rings (SSSR count). The predicted molar refractivity (Wildman–Crippen MR) is 122 cm³/mol. The maximum atomic E-state index is 12.5. The van der Waals surface area contributed by atoms with E-state index < -0.39 is 0 Å². The smallest absolute Gasteiger partial charge is 0.256 e. The van der Waals surface area contributed by atoms with Gasteiger partial charge in [-0.1, -0.05) is 72.8 Å². The first kappa shape index (κ1) is 19.9. The summed E-state index contributed by atoms with van der Waals surface area (Å²) in [6.45, 7) is 0. The molecule has 1 aromatic heterocycles. The SMILES string of the molecule is O=C(Nc1ccc(OC(c2ccccc2)c2ccccc2)nc1)c1ccccc1Br. The molecule has 0 saturated heterocycles. The summed E-state index contributed by atoms with van der Waals surface area (Å²) < 4.78 is 6.96. The van der Waals surface area contributed by atoms with Crippen LogP contribution in [0, 0.1) is 0 Å². The lowest BCUT2D eigenvalue weighted by atomic mass is 10.0. The lowest BCUT2D eigenvalue weighted by Crippen LogP contribution is -2.13. The average molecular weight is 459 g/mol. The first-order valence-corrected chi connectivity index (χ1v) is 10.3. The third kappa shape index (κ3) is 4.75. The molecule has 0 saturated carbocycles. The highest BCUT2D eigenvalue weighted by atomic mass is 79.9. The first-order valence-electron chi connectivity index (χ1n) is 9.49. The standard InChI is InChI=1S/C25H19BrN2O2/c26-22-14-8-7-13-21(22)25(29)28-20-15-16-23(27-17-20)30-24(18-9-3-1-4-10-18)19-11-5-2-6-12-19/h1-17,24H,(H,28,29). The van der Waals surface area contributed by atoms with Crippen molar-refractivity contribution < 1.29 is 9.53 Å². The van der Waals surface area contributed by atoms with Crippen LogP contribution in [0.1, 0.15) is 27.6 Å². The maximum absolute atomic E-state index is 12.5. The van der Waals surface area contributed by atoms with Crippen molar-refractivity contribution in [1.29, 1.82) is 0 Å². The van der Waals surface area contributed by atoms with Gasteiger partial charge in [0.05, 0.1) is 17.4 Å². The van der Waals surface area contributed by atoms with Gasteiger partial charge in [0.1, 0.15) is 0 Å². The number of benzene rings is 3. The molecule has 5 heteroatoms. The molecule has 3 aromatic carbocycles. The summed E-state index contributed by atoms with van der Waals surface area (Å²) in [4.78, 5) is 16.9. The van der Waals surface area contributed by atoms with Crippen molar-refractivity contribution in [1.82, 2.24) is 4.98 Å². The van der Waals surface area contributed by atoms with Crippen LogP contribution in [-0.2, 0) is 0 Å². The molecule has 30 heavy (non-hydrogen) atoms. The summed E-state index contributed by atoms with van der Waals surface area (Å²) in [5, 5.41) is 2.86. The second kappa shape index (κ2) is 9.37. The van der Waals surface area contributed by atoms with Crippen molar-refractivity contribution >= 4 is 27.5 Å². The van der Waals surface area contributed by atoms with Gasteiger partial charge in [0.25, 0.3) is 5.91 Å². The third-order valence-electron chi connectivity index (χ3n) is 4.56. The topological polar surface area (TPSA) is 51.2 Å². The van der Waals surface area contributed by atoms with Gasteiger partial charge in [-0.25, -0.2) is 4.98 Å². The van der Waals surface area contributed by atoms with Crippen LogP contribution in [0.4, 0.5) is 5.69 Å². The Morgan fingerprint density at radius 3 is 1.97 bits per heavy atom. The van der Waals surface area contributed by atoms with E-state index in [1.54, 1.807) is 24.4 Å². The number of aromatic nitrogens is 1. The number of ether oxygens (including phenoxy) is 1. The zero-order chi connectivity index (χ0) is 20.8. The highest BCUT2D eigenvalue weighted by Crippen LogP contribution is 2.28. The third-order valence-corrected chi connectivity index (χ3v) is 5.25. The number of anilines is 1. The summed E-state index contributed by atoms with van der Waals surface area (Å²) in [6.07, 6.45) is 1.32. The fourth-order valence-electron chi connectivity index (χ4n) is 3.07. The van der Waals surface area contributed by atoms with Gasteiger partial charge in [0, 0.05) is 10.5 Å². The molecule has 0 unspecified atom stereocenters. The molecule has 0 atom stereocenters. The number of carbonyl (C=O) groups is 1. The minimum atomic E-state index is -0.277. The van der Waals surface area contributed by atoms with E-state index in [0.717, 1.165) is 15.6 Å². The average Bonchev–Trinajstić information content (AvgIpc) is 2.80. The first-order chi connectivity index (χ1) is 14.7. The number of rotatable bonds is 6. The van der Waals surface area contributed by atoms with Gasteiger partial charge in [-0.05, 0) is 45.3 Å². The highest BCUT2D eigenvalue weighted by Gasteiger charge is 2.16. The molecule has 1 heterocycles. The zero-order valence-electron chi connectivity index (χ0n) is 16.0. The number of amides is 1. The van der Waals surface area contributed by atoms with E-state index in [4.69, 9.17) is 4.74 Å². The van der Waals surface area contributed by atoms with E-state index in [9.17, 15) is 4.79 Å². The summed E-state index contributed by atoms with van der Waals surface area (Å²) in [6, 6.07) is 30.9. The molecule has 1 amide bonds. The molecule has 0 spiro atoms. The molecule has 0 aliphatic rings. The van der Waals surface area contributed by atoms with Crippen LogP contribution in [-0.4, -0.2) is 10.9 Å². The normalized spacial score (nSPS) is 10.6. The Balaban J connectivity index is 1.51. The Labute approximate surface area is 183 Å². The Morgan fingerprint density at radius 2 is 1.40 bits per heavy atom. The van der Waals surface area contributed by atoms with Crippen LogP contribution >= 0.6 is 15.9 Å². The lowest BCUT2D eigenvalue weighted by Gasteiger charge is -2.19. The number of hydrogen-bond donors (Lipinski definition) is 1. The quantitative estimate of drug-likeness (QED) is 0.370. The molecule has 0 aliphatic carbocycles. The van der Waals surface area contributed by atoms with Crippen molar-refractivity contribution in [2.75, 3.05) is 5.32 Å². The fraction of sp³-hybridized carbons (Fsp3) is 0.0400. The van der Waals surface area contributed by atoms with Gasteiger partial charge in [-0.3, -0.25) is 4.79 Å². The van der Waals surface area contributed by atoms with Crippen molar-refractivity contribution in [3.63, 3.8) is 0 Å². The molecule has 0 radical (unpaired) electrons. The molecule has 0 bridgehead atoms. The second-order valence-electron chi connectivity index (χ2n) is 6.64. The van der Waals surface area contributed by atoms with Crippen LogP contribution in [0.3, 0.4) is 0 Å². The van der Waals surface area contributed by atoms with E-state index in [1.807, 2.05) is 78.9 Å². The fourth-order valence-corrected chi connectivity index (χ4v) is 3.54. The molecule has 4 aromatic rings. The number of nitrogens with zero attached hydrogens (tertiary/aromatic N) is 1. The summed E-state index contributed by atoms with van der Waals surface area (Å²) in [7, 11) is 0. The van der Waals surface area contributed by atoms with Crippen molar-refractivity contribution in [2.45, 2.75) is 6.10 Å². The van der Waals surface area contributed by atoms with Gasteiger partial charge >= 0.3 is 0 Å².